The van der Waals surface area contributed by atoms with E-state index in [4.69, 9.17) is 18.9 Å². The average Bonchev–Trinajstić information content (AvgIpc) is 3.71. The molecule has 2 aromatic heterocycles. The summed E-state index contributed by atoms with van der Waals surface area (Å²) in [7, 11) is -2.81. The van der Waals surface area contributed by atoms with Crippen LogP contribution < -0.4 is 4.72 Å². The molecular weight excluding hydrogens is 785 g/mol. The van der Waals surface area contributed by atoms with Gasteiger partial charge >= 0.3 is 23.9 Å². The van der Waals surface area contributed by atoms with Crippen molar-refractivity contribution < 1.29 is 46.5 Å². The summed E-state index contributed by atoms with van der Waals surface area (Å²) in [5.74, 6) is -2.07. The first-order valence-electron chi connectivity index (χ1n) is 19.6. The van der Waals surface area contributed by atoms with Gasteiger partial charge in [0.05, 0.1) is 23.8 Å². The minimum Gasteiger partial charge on any atom is -0.460 e. The number of carbonyl (C=O) groups excluding carboxylic acids is 4. The molecule has 59 heavy (non-hydrogen) atoms. The summed E-state index contributed by atoms with van der Waals surface area (Å²) in [6.07, 6.45) is 3.83. The third-order valence-corrected chi connectivity index (χ3v) is 8.30. The first-order chi connectivity index (χ1) is 27.1. The molecule has 1 aromatic carbocycles. The van der Waals surface area contributed by atoms with Gasteiger partial charge in [0.25, 0.3) is 0 Å². The smallest absolute Gasteiger partial charge is 0.331 e. The molecule has 0 unspecified atom stereocenters. The van der Waals surface area contributed by atoms with Crippen LogP contribution in [0.25, 0.3) is 0 Å². The zero-order valence-corrected chi connectivity index (χ0v) is 37.3. The third-order valence-electron chi connectivity index (χ3n) is 7.86. The molecule has 0 spiro atoms. The molecule has 0 aliphatic carbocycles. The van der Waals surface area contributed by atoms with Gasteiger partial charge in [-0.3, -0.25) is 19.2 Å². The normalized spacial score (nSPS) is 13.5. The van der Waals surface area contributed by atoms with Gasteiger partial charge in [0.1, 0.15) is 22.4 Å². The Kier molecular flexibility index (Phi) is 16.7. The number of hydrogen-bond donors (Lipinski definition) is 2. The Bertz CT molecular complexity index is 1840. The number of benzene rings is 1. The summed E-state index contributed by atoms with van der Waals surface area (Å²) in [4.78, 5) is 54.1. The highest BCUT2D eigenvalue weighted by Crippen LogP contribution is 2.24. The van der Waals surface area contributed by atoms with Crippen molar-refractivity contribution in [2.75, 3.05) is 11.3 Å². The standard InChI is InChI=1S/C40H62N8O10S/c1-37(2,3)55-33(49)19-17-31(35(51)57-39(7,8)9)47-25-29(41-44-47)23-46(22-21-27-13-15-28(16-14-27)43-59(53)54)24-30-26-48(45-42-30)32(36(52)58-40(10,11)12)18-20-34(50)56-38(4,5)6/h13-16,25-26,31-32,59H,17-24H2,1-12H3,(H,43,53,54)/t31-,32-/m0/s1. The number of nitrogens with zero attached hydrogens (tertiary/aromatic N) is 7. The van der Waals surface area contributed by atoms with Crippen molar-refractivity contribution in [2.45, 2.75) is 163 Å². The highest BCUT2D eigenvalue weighted by atomic mass is 32.2. The van der Waals surface area contributed by atoms with Gasteiger partial charge in [0.15, 0.2) is 12.1 Å². The molecule has 0 saturated heterocycles. The molecule has 0 bridgehead atoms. The van der Waals surface area contributed by atoms with E-state index in [1.54, 1.807) is 108 Å². The van der Waals surface area contributed by atoms with Gasteiger partial charge in [-0.2, -0.15) is 0 Å². The van der Waals surface area contributed by atoms with Crippen molar-refractivity contribution in [3.05, 3.63) is 53.6 Å². The Balaban J connectivity index is 1.91. The summed E-state index contributed by atoms with van der Waals surface area (Å²) in [5, 5.41) is 17.3. The van der Waals surface area contributed by atoms with E-state index in [0.717, 1.165) is 5.56 Å². The summed E-state index contributed by atoms with van der Waals surface area (Å²) >= 11 is 0. The van der Waals surface area contributed by atoms with Crippen LogP contribution in [-0.4, -0.2) is 96.1 Å². The molecule has 0 radical (unpaired) electrons. The zero-order valence-electron chi connectivity index (χ0n) is 36.4. The number of nitrogens with one attached hydrogen (secondary N) is 1. The third kappa shape index (κ3) is 18.7. The molecule has 1 N–H and O–H groups in total. The van der Waals surface area contributed by atoms with Crippen LogP contribution in [0.15, 0.2) is 36.7 Å². The van der Waals surface area contributed by atoms with Gasteiger partial charge < -0.3 is 18.9 Å². The van der Waals surface area contributed by atoms with Crippen molar-refractivity contribution in [3.63, 3.8) is 0 Å². The summed E-state index contributed by atoms with van der Waals surface area (Å²) < 4.78 is 49.7. The molecule has 2 heterocycles. The largest absolute Gasteiger partial charge is 0.460 e. The van der Waals surface area contributed by atoms with E-state index in [0.29, 0.717) is 30.0 Å². The van der Waals surface area contributed by atoms with E-state index in [1.807, 2.05) is 17.0 Å². The highest BCUT2D eigenvalue weighted by Gasteiger charge is 2.31. The minimum absolute atomic E-state index is 0.0557. The van der Waals surface area contributed by atoms with Gasteiger partial charge in [-0.15, -0.1) is 10.2 Å². The molecule has 0 amide bonds. The minimum atomic E-state index is -2.81. The van der Waals surface area contributed by atoms with E-state index < -0.39 is 69.3 Å². The fraction of sp³-hybridized carbons (Fsp3) is 0.650. The molecule has 0 saturated carbocycles. The lowest BCUT2D eigenvalue weighted by Gasteiger charge is -2.24. The fourth-order valence-electron chi connectivity index (χ4n) is 5.64. The molecule has 3 rings (SSSR count). The van der Waals surface area contributed by atoms with Gasteiger partial charge in [-0.25, -0.2) is 27.4 Å². The Morgan fingerprint density at radius 2 is 1.03 bits per heavy atom. The number of aromatic nitrogens is 6. The van der Waals surface area contributed by atoms with Crippen LogP contribution >= 0.6 is 0 Å². The van der Waals surface area contributed by atoms with Crippen molar-refractivity contribution in [1.82, 2.24) is 34.9 Å². The van der Waals surface area contributed by atoms with E-state index in [1.165, 1.54) is 9.36 Å². The fourth-order valence-corrected chi connectivity index (χ4v) is 6.00. The number of carbonyl (C=O) groups is 4. The second-order valence-electron chi connectivity index (χ2n) is 18.3. The zero-order chi connectivity index (χ0) is 44.3. The number of rotatable bonds is 19. The summed E-state index contributed by atoms with van der Waals surface area (Å²) in [5.41, 5.74) is -0.601. The van der Waals surface area contributed by atoms with Crippen LogP contribution in [0, 0.1) is 0 Å². The molecule has 0 aliphatic heterocycles. The first-order valence-corrected chi connectivity index (χ1v) is 20.8. The summed E-state index contributed by atoms with van der Waals surface area (Å²) in [6.45, 7) is 22.1. The lowest BCUT2D eigenvalue weighted by molar-refractivity contribution is -0.162. The van der Waals surface area contributed by atoms with Crippen molar-refractivity contribution in [2.24, 2.45) is 0 Å². The van der Waals surface area contributed by atoms with Crippen LogP contribution in [0.5, 0.6) is 0 Å². The van der Waals surface area contributed by atoms with Gasteiger partial charge in [0.2, 0.25) is 10.9 Å². The maximum atomic E-state index is 13.4. The maximum absolute atomic E-state index is 13.4. The summed E-state index contributed by atoms with van der Waals surface area (Å²) in [6, 6.07) is 5.06. The van der Waals surface area contributed by atoms with Crippen molar-refractivity contribution in [1.29, 1.82) is 0 Å². The van der Waals surface area contributed by atoms with Gasteiger partial charge in [-0.05, 0) is 120 Å². The second kappa shape index (κ2) is 20.4. The van der Waals surface area contributed by atoms with E-state index in [-0.39, 0.29) is 38.8 Å². The molecule has 0 aliphatic rings. The molecule has 2 atom stereocenters. The SMILES string of the molecule is CC(C)(C)OC(=O)CC[C@@H](C(=O)OC(C)(C)C)n1cc(CN(CCc2ccc(N[SH](=O)=O)cc2)Cc2cn([C@@H](CCC(=O)OC(C)(C)C)C(=O)OC(C)(C)C)nn2)nn1. The average molecular weight is 847 g/mol. The Morgan fingerprint density at radius 1 is 0.644 bits per heavy atom. The second-order valence-corrected chi connectivity index (χ2v) is 19.0. The van der Waals surface area contributed by atoms with E-state index >= 15 is 0 Å². The first kappa shape index (κ1) is 48.5. The molecule has 0 fully saturated rings. The number of hydrogen-bond acceptors (Lipinski definition) is 15. The molecule has 18 nitrogen and oxygen atoms in total. The number of thiol groups is 1. The molecule has 328 valence electrons. The van der Waals surface area contributed by atoms with Crippen LogP contribution in [0.1, 0.15) is 138 Å². The maximum Gasteiger partial charge on any atom is 0.331 e. The van der Waals surface area contributed by atoms with E-state index in [9.17, 15) is 27.6 Å². The molecular formula is C40H62N8O10S. The monoisotopic (exact) mass is 846 g/mol. The Morgan fingerprint density at radius 3 is 1.39 bits per heavy atom. The predicted molar refractivity (Wildman–Crippen MR) is 218 cm³/mol. The number of esters is 4. The van der Waals surface area contributed by atoms with Crippen molar-refractivity contribution in [3.8, 4) is 0 Å². The number of ether oxygens (including phenoxy) is 4. The quantitative estimate of drug-likeness (QED) is 0.0916. The van der Waals surface area contributed by atoms with Crippen LogP contribution in [-0.2, 0) is 68.5 Å². The predicted octanol–water partition coefficient (Wildman–Crippen LogP) is 5.06. The van der Waals surface area contributed by atoms with Gasteiger partial charge in [-0.1, -0.05) is 22.6 Å². The van der Waals surface area contributed by atoms with Crippen LogP contribution in [0.4, 0.5) is 5.69 Å². The topological polar surface area (TPSA) is 216 Å². The van der Waals surface area contributed by atoms with E-state index in [2.05, 4.69) is 25.3 Å². The highest BCUT2D eigenvalue weighted by molar-refractivity contribution is 7.73. The Labute approximate surface area is 348 Å². The van der Waals surface area contributed by atoms with Crippen molar-refractivity contribution >= 4 is 40.5 Å². The molecule has 19 heteroatoms. The lowest BCUT2D eigenvalue weighted by atomic mass is 10.1. The molecule has 3 aromatic rings. The lowest BCUT2D eigenvalue weighted by Crippen LogP contribution is -2.31. The Hall–Kier alpha value is -4.91. The van der Waals surface area contributed by atoms with Crippen LogP contribution in [0.3, 0.4) is 0 Å². The van der Waals surface area contributed by atoms with Crippen LogP contribution in [0.2, 0.25) is 0 Å². The van der Waals surface area contributed by atoms with Gasteiger partial charge in [0, 0.05) is 38.2 Å². The number of anilines is 1.